The zero-order valence-electron chi connectivity index (χ0n) is 55.2. The van der Waals surface area contributed by atoms with E-state index in [0.717, 1.165) is 18.5 Å². The van der Waals surface area contributed by atoms with Crippen LogP contribution in [0.3, 0.4) is 0 Å². The van der Waals surface area contributed by atoms with Crippen molar-refractivity contribution in [3.63, 3.8) is 0 Å². The fraction of sp³-hybridized carbons (Fsp3) is 0.443. The minimum Gasteiger partial charge on any atom is -0.335 e. The first-order valence-electron chi connectivity index (χ1n) is 31.8. The van der Waals surface area contributed by atoms with Crippen LogP contribution in [0.5, 0.6) is 0 Å². The summed E-state index contributed by atoms with van der Waals surface area (Å²) in [6.45, 7) is 55.6. The summed E-state index contributed by atoms with van der Waals surface area (Å²) in [5.74, 6) is 0. The van der Waals surface area contributed by atoms with Gasteiger partial charge in [0.2, 0.25) is 0 Å². The molecular weight excluding hydrogens is 1030 g/mol. The van der Waals surface area contributed by atoms with Crippen LogP contribution in [0, 0.1) is 19.3 Å². The molecule has 2 aliphatic carbocycles. The van der Waals surface area contributed by atoms with Crippen LogP contribution in [-0.2, 0) is 32.5 Å². The third kappa shape index (κ3) is 8.90. The molecule has 3 aliphatic heterocycles. The van der Waals surface area contributed by atoms with Crippen molar-refractivity contribution >= 4 is 89.2 Å². The summed E-state index contributed by atoms with van der Waals surface area (Å²) >= 11 is 2.01. The van der Waals surface area contributed by atoms with Gasteiger partial charge in [0.25, 0.3) is 6.71 Å². The highest BCUT2D eigenvalue weighted by Gasteiger charge is 2.62. The molecule has 3 nitrogen and oxygen atoms in total. The van der Waals surface area contributed by atoms with Crippen LogP contribution in [0.2, 0.25) is 0 Å². The van der Waals surface area contributed by atoms with Gasteiger partial charge in [-0.1, -0.05) is 216 Å². The van der Waals surface area contributed by atoms with Gasteiger partial charge < -0.3 is 14.7 Å². The van der Waals surface area contributed by atoms with E-state index >= 15 is 0 Å². The fourth-order valence-electron chi connectivity index (χ4n) is 15.5. The lowest BCUT2D eigenvalue weighted by Gasteiger charge is -2.53. The van der Waals surface area contributed by atoms with Crippen LogP contribution in [0.15, 0.2) is 133 Å². The summed E-state index contributed by atoms with van der Waals surface area (Å²) in [5, 5.41) is 2.70. The molecule has 5 heteroatoms. The number of nitrogens with zero attached hydrogens (tertiary/aromatic N) is 3. The van der Waals surface area contributed by atoms with Crippen molar-refractivity contribution < 1.29 is 0 Å². The summed E-state index contributed by atoms with van der Waals surface area (Å²) in [7, 11) is 0. The van der Waals surface area contributed by atoms with Crippen molar-refractivity contribution in [3.05, 3.63) is 183 Å². The Morgan fingerprint density at radius 3 is 1.71 bits per heavy atom. The van der Waals surface area contributed by atoms with Gasteiger partial charge in [0, 0.05) is 44.1 Å². The third-order valence-electron chi connectivity index (χ3n) is 21.7. The molecule has 0 saturated heterocycles. The number of rotatable bonds is 7. The number of fused-ring (bicyclic) bond motifs is 10. The van der Waals surface area contributed by atoms with Crippen molar-refractivity contribution in [1.29, 1.82) is 0 Å². The summed E-state index contributed by atoms with van der Waals surface area (Å²) in [5.41, 5.74) is 27.7. The first-order valence-corrected chi connectivity index (χ1v) is 32.6. The van der Waals surface area contributed by atoms with Gasteiger partial charge in [-0.3, -0.25) is 0 Å². The Labute approximate surface area is 511 Å². The predicted octanol–water partition coefficient (Wildman–Crippen LogP) is 20.8. The molecule has 4 heterocycles. The normalized spacial score (nSPS) is 20.9. The zero-order chi connectivity index (χ0) is 60.6. The average molecular weight is 1130 g/mol. The molecule has 6 aromatic carbocycles. The maximum atomic E-state index is 4.90. The molecule has 0 radical (unpaired) electrons. The Bertz CT molecular complexity index is 3880. The van der Waals surface area contributed by atoms with Crippen molar-refractivity contribution in [3.8, 4) is 0 Å². The van der Waals surface area contributed by atoms with Crippen molar-refractivity contribution in [2.45, 2.75) is 222 Å². The highest BCUT2D eigenvalue weighted by molar-refractivity contribution is 7.26. The quantitative estimate of drug-likeness (QED) is 0.116. The molecule has 1 aromatic heterocycles. The van der Waals surface area contributed by atoms with Crippen LogP contribution in [-0.4, -0.2) is 12.3 Å². The van der Waals surface area contributed by atoms with Crippen LogP contribution in [0.4, 0.5) is 39.1 Å². The molecule has 5 aliphatic rings. The Morgan fingerprint density at radius 2 is 1.17 bits per heavy atom. The predicted molar refractivity (Wildman–Crippen MR) is 370 cm³/mol. The smallest absolute Gasteiger partial charge is 0.254 e. The fourth-order valence-corrected chi connectivity index (χ4v) is 16.8. The zero-order valence-corrected chi connectivity index (χ0v) is 56.1. The number of anilines is 7. The van der Waals surface area contributed by atoms with Crippen LogP contribution < -0.4 is 31.1 Å². The molecule has 0 bridgehead atoms. The van der Waals surface area contributed by atoms with Gasteiger partial charge in [-0.05, 0) is 200 Å². The van der Waals surface area contributed by atoms with Crippen LogP contribution >= 0.6 is 11.3 Å². The first kappa shape index (κ1) is 58.4. The minimum absolute atomic E-state index is 0.00386. The molecular formula is C79H96BN3S. The molecule has 7 aromatic rings. The molecule has 0 amide bonds. The first-order chi connectivity index (χ1) is 39.1. The van der Waals surface area contributed by atoms with Gasteiger partial charge >= 0.3 is 0 Å². The van der Waals surface area contributed by atoms with Crippen molar-refractivity contribution in [1.82, 2.24) is 0 Å². The van der Waals surface area contributed by atoms with E-state index in [9.17, 15) is 0 Å². The Morgan fingerprint density at radius 1 is 0.607 bits per heavy atom. The minimum atomic E-state index is -0.190. The van der Waals surface area contributed by atoms with Crippen LogP contribution in [0.1, 0.15) is 220 Å². The van der Waals surface area contributed by atoms with E-state index in [0.29, 0.717) is 0 Å². The number of allylic oxidation sites excluding steroid dienone is 4. The Hall–Kier alpha value is -6.04. The molecule has 1 fully saturated rings. The Kier molecular flexibility index (Phi) is 13.4. The summed E-state index contributed by atoms with van der Waals surface area (Å²) in [6.07, 6.45) is 11.8. The lowest BCUT2D eigenvalue weighted by Crippen LogP contribution is -2.64. The molecule has 436 valence electrons. The van der Waals surface area contributed by atoms with Gasteiger partial charge in [0.1, 0.15) is 0 Å². The molecule has 12 rings (SSSR count). The monoisotopic (exact) mass is 1130 g/mol. The van der Waals surface area contributed by atoms with Gasteiger partial charge in [-0.25, -0.2) is 0 Å². The molecule has 84 heavy (non-hydrogen) atoms. The van der Waals surface area contributed by atoms with Gasteiger partial charge in [-0.15, -0.1) is 11.3 Å². The number of aryl methyl sites for hydroxylation is 2. The van der Waals surface area contributed by atoms with E-state index in [1.165, 1.54) is 147 Å². The van der Waals surface area contributed by atoms with Crippen LogP contribution in [0.25, 0.3) is 15.7 Å². The molecule has 2 atom stereocenters. The van der Waals surface area contributed by atoms with E-state index < -0.39 is 0 Å². The van der Waals surface area contributed by atoms with Crippen molar-refractivity contribution in [2.75, 3.05) is 14.7 Å². The van der Waals surface area contributed by atoms with E-state index in [1.54, 1.807) is 5.56 Å². The van der Waals surface area contributed by atoms with Gasteiger partial charge in [0.15, 0.2) is 0 Å². The number of benzene rings is 6. The number of hydrogen-bond donors (Lipinski definition) is 0. The summed E-state index contributed by atoms with van der Waals surface area (Å²) in [4.78, 5) is 8.33. The lowest BCUT2D eigenvalue weighted by molar-refractivity contribution is 0.195. The third-order valence-corrected chi connectivity index (χ3v) is 22.8. The largest absolute Gasteiger partial charge is 0.335 e. The van der Waals surface area contributed by atoms with Gasteiger partial charge in [-0.2, -0.15) is 0 Å². The second-order valence-corrected chi connectivity index (χ2v) is 33.3. The Balaban J connectivity index is 1.30. The van der Waals surface area contributed by atoms with E-state index in [4.69, 9.17) is 6.58 Å². The maximum Gasteiger partial charge on any atom is 0.254 e. The molecule has 1 saturated carbocycles. The number of thiophene rings is 1. The highest BCUT2D eigenvalue weighted by Crippen LogP contribution is 2.63. The average Bonchev–Trinajstić information content (AvgIpc) is 1.48. The molecule has 2 unspecified atom stereocenters. The SMILES string of the molecule is C=C/C(=C(\C=C(/C)C(C)(C)C)c1ccccc1)N1c2cc(N(c3ccc(C(C)(C)C)cc3C)c3ccc(C(C)(C)C)cc3C)cc3c2B(c2cc(C(C)(C)C)cc4c2N3C2(C)CCCCC42C)c2c1sc1cc3c(cc21)C(C)(C)CCC3(C)C. The standard InChI is InChI=1S/C79H96BN3S/c1-23-62(56(41-50(4)72(5,6)7)51-29-25-24-26-30-51)82-65-44-55(81(63-33-31-52(39-48(63)2)73(8,9)10)64-34-32-53(40-49(64)3)74(11,12)13)45-66-69(65)80(68-57-46-58-59(47-67(57)84-71(68)82)77(19,20)38-37-76(58,17)18)61-43-54(75(14,15)16)42-60-70(61)83(66)79(22)36-28-27-35-78(60,79)21/h23-26,29-34,39-47H,1,27-28,35-38H2,2-22H3/b50-41+,62-56-. The van der Waals surface area contributed by atoms with E-state index in [2.05, 4.69) is 275 Å². The van der Waals surface area contributed by atoms with Crippen molar-refractivity contribution in [2.24, 2.45) is 5.41 Å². The number of hydrogen-bond acceptors (Lipinski definition) is 4. The topological polar surface area (TPSA) is 9.72 Å². The second-order valence-electron chi connectivity index (χ2n) is 32.3. The lowest BCUT2D eigenvalue weighted by atomic mass is 9.33. The second kappa shape index (κ2) is 19.2. The maximum absolute atomic E-state index is 4.90. The highest BCUT2D eigenvalue weighted by atomic mass is 32.1. The van der Waals surface area contributed by atoms with E-state index in [1.807, 2.05) is 11.3 Å². The molecule has 0 N–H and O–H groups in total. The summed E-state index contributed by atoms with van der Waals surface area (Å²) in [6, 6.07) is 41.8. The summed E-state index contributed by atoms with van der Waals surface area (Å²) < 4.78 is 1.37. The van der Waals surface area contributed by atoms with Gasteiger partial charge in [0.05, 0.1) is 21.9 Å². The molecule has 0 spiro atoms. The van der Waals surface area contributed by atoms with E-state index in [-0.39, 0.29) is 50.2 Å².